The van der Waals surface area contributed by atoms with Gasteiger partial charge in [-0.1, -0.05) is 24.3 Å². The largest absolute Gasteiger partial charge is 0.487 e. The maximum atomic E-state index is 13.6. The molecule has 0 saturated carbocycles. The predicted octanol–water partition coefficient (Wildman–Crippen LogP) is 4.78. The quantitative estimate of drug-likeness (QED) is 0.448. The third-order valence-corrected chi connectivity index (χ3v) is 5.16. The number of imidazole rings is 1. The van der Waals surface area contributed by atoms with Gasteiger partial charge in [-0.15, -0.1) is 11.8 Å². The van der Waals surface area contributed by atoms with Crippen molar-refractivity contribution in [2.75, 3.05) is 11.1 Å². The van der Waals surface area contributed by atoms with Crippen molar-refractivity contribution in [1.29, 1.82) is 0 Å². The van der Waals surface area contributed by atoms with Crippen molar-refractivity contribution >= 4 is 29.0 Å². The van der Waals surface area contributed by atoms with Gasteiger partial charge in [0.1, 0.15) is 23.8 Å². The Kier molecular flexibility index (Phi) is 5.76. The van der Waals surface area contributed by atoms with Crippen LogP contribution in [-0.4, -0.2) is 21.0 Å². The summed E-state index contributed by atoms with van der Waals surface area (Å²) in [6.45, 7) is 0.322. The summed E-state index contributed by atoms with van der Waals surface area (Å²) < 4.78 is 21.4. The van der Waals surface area contributed by atoms with Crippen molar-refractivity contribution in [2.24, 2.45) is 0 Å². The minimum atomic E-state index is -0.326. The van der Waals surface area contributed by atoms with Crippen LogP contribution in [0.2, 0.25) is 0 Å². The van der Waals surface area contributed by atoms with Gasteiger partial charge in [0.15, 0.2) is 0 Å². The van der Waals surface area contributed by atoms with Gasteiger partial charge in [-0.25, -0.2) is 9.37 Å². The number of aromatic nitrogens is 2. The molecule has 146 valence electrons. The van der Waals surface area contributed by atoms with Crippen LogP contribution in [0, 0.1) is 5.82 Å². The van der Waals surface area contributed by atoms with E-state index >= 15 is 0 Å². The lowest BCUT2D eigenvalue weighted by Gasteiger charge is -2.09. The minimum Gasteiger partial charge on any atom is -0.487 e. The first-order valence-corrected chi connectivity index (χ1v) is 9.98. The second-order valence-corrected chi connectivity index (χ2v) is 7.30. The first-order chi connectivity index (χ1) is 14.2. The SMILES string of the molecule is O=C(CSc1ccccc1F)Nc1cccc(OCc2cn3ccccc3n2)c1. The minimum absolute atomic E-state index is 0.118. The number of nitrogens with one attached hydrogen (secondary N) is 1. The van der Waals surface area contributed by atoms with Gasteiger partial charge >= 0.3 is 0 Å². The van der Waals surface area contributed by atoms with Crippen LogP contribution in [0.3, 0.4) is 0 Å². The van der Waals surface area contributed by atoms with Crippen LogP contribution in [0.25, 0.3) is 5.65 Å². The zero-order chi connectivity index (χ0) is 20.1. The van der Waals surface area contributed by atoms with Crippen molar-refractivity contribution in [1.82, 2.24) is 9.38 Å². The molecule has 1 N–H and O–H groups in total. The smallest absolute Gasteiger partial charge is 0.234 e. The van der Waals surface area contributed by atoms with E-state index in [2.05, 4.69) is 10.3 Å². The number of hydrogen-bond donors (Lipinski definition) is 1. The number of halogens is 1. The molecule has 4 rings (SSSR count). The molecule has 0 aliphatic heterocycles. The van der Waals surface area contributed by atoms with E-state index in [0.29, 0.717) is 22.9 Å². The Balaban J connectivity index is 1.33. The van der Waals surface area contributed by atoms with E-state index in [1.165, 1.54) is 6.07 Å². The second-order valence-electron chi connectivity index (χ2n) is 6.28. The normalized spacial score (nSPS) is 10.8. The molecule has 0 fully saturated rings. The molecule has 4 aromatic rings. The Morgan fingerprint density at radius 1 is 1.10 bits per heavy atom. The standard InChI is InChI=1S/C22H18FN3O2S/c23-19-8-1-2-9-20(19)29-15-22(27)25-16-6-5-7-18(12-16)28-14-17-13-26-11-4-3-10-21(26)24-17/h1-13H,14-15H2,(H,25,27). The van der Waals surface area contributed by atoms with Gasteiger partial charge in [0, 0.05) is 29.0 Å². The number of benzene rings is 2. The molecular formula is C22H18FN3O2S. The molecule has 1 amide bonds. The lowest BCUT2D eigenvalue weighted by atomic mass is 10.3. The summed E-state index contributed by atoms with van der Waals surface area (Å²) in [6, 6.07) is 19.4. The van der Waals surface area contributed by atoms with Crippen LogP contribution in [0.5, 0.6) is 5.75 Å². The van der Waals surface area contributed by atoms with E-state index in [0.717, 1.165) is 23.1 Å². The number of nitrogens with zero attached hydrogens (tertiary/aromatic N) is 2. The van der Waals surface area contributed by atoms with Crippen molar-refractivity contribution in [2.45, 2.75) is 11.5 Å². The fourth-order valence-corrected chi connectivity index (χ4v) is 3.52. The zero-order valence-electron chi connectivity index (χ0n) is 15.4. The van der Waals surface area contributed by atoms with E-state index in [9.17, 15) is 9.18 Å². The van der Waals surface area contributed by atoms with Crippen LogP contribution < -0.4 is 10.1 Å². The number of fused-ring (bicyclic) bond motifs is 1. The maximum Gasteiger partial charge on any atom is 0.234 e. The third-order valence-electron chi connectivity index (χ3n) is 4.11. The monoisotopic (exact) mass is 407 g/mol. The third kappa shape index (κ3) is 4.94. The molecule has 0 bridgehead atoms. The fraction of sp³-hybridized carbons (Fsp3) is 0.0909. The molecule has 2 aromatic heterocycles. The summed E-state index contributed by atoms with van der Waals surface area (Å²) in [5, 5.41) is 2.81. The van der Waals surface area contributed by atoms with E-state index in [4.69, 9.17) is 4.74 Å². The van der Waals surface area contributed by atoms with E-state index in [1.807, 2.05) is 41.1 Å². The Hall–Kier alpha value is -3.32. The van der Waals surface area contributed by atoms with Crippen LogP contribution in [-0.2, 0) is 11.4 Å². The number of carbonyl (C=O) groups excluding carboxylic acids is 1. The zero-order valence-corrected chi connectivity index (χ0v) is 16.2. The molecular weight excluding hydrogens is 389 g/mol. The van der Waals surface area contributed by atoms with E-state index in [1.54, 1.807) is 36.4 Å². The molecule has 0 aliphatic rings. The Morgan fingerprint density at radius 3 is 2.83 bits per heavy atom. The number of anilines is 1. The predicted molar refractivity (Wildman–Crippen MR) is 112 cm³/mol. The molecule has 0 unspecified atom stereocenters. The number of ether oxygens (including phenoxy) is 1. The van der Waals surface area contributed by atoms with E-state index < -0.39 is 0 Å². The molecule has 2 heterocycles. The van der Waals surface area contributed by atoms with Gasteiger partial charge in [0.2, 0.25) is 5.91 Å². The van der Waals surface area contributed by atoms with Gasteiger partial charge in [-0.3, -0.25) is 4.79 Å². The molecule has 0 aliphatic carbocycles. The average Bonchev–Trinajstić information content (AvgIpc) is 3.15. The summed E-state index contributed by atoms with van der Waals surface area (Å²) in [5.41, 5.74) is 2.29. The van der Waals surface area contributed by atoms with Crippen molar-refractivity contribution in [3.63, 3.8) is 0 Å². The highest BCUT2D eigenvalue weighted by Gasteiger charge is 2.08. The molecule has 5 nitrogen and oxygen atoms in total. The molecule has 0 atom stereocenters. The average molecular weight is 407 g/mol. The first-order valence-electron chi connectivity index (χ1n) is 9.00. The highest BCUT2D eigenvalue weighted by atomic mass is 32.2. The Labute approximate surface area is 171 Å². The van der Waals surface area contributed by atoms with Gasteiger partial charge in [-0.05, 0) is 36.4 Å². The van der Waals surface area contributed by atoms with Crippen LogP contribution in [0.4, 0.5) is 10.1 Å². The van der Waals surface area contributed by atoms with Crippen LogP contribution in [0.15, 0.2) is 84.0 Å². The summed E-state index contributed by atoms with van der Waals surface area (Å²) in [7, 11) is 0. The fourth-order valence-electron chi connectivity index (χ4n) is 2.78. The summed E-state index contributed by atoms with van der Waals surface area (Å²) in [6.07, 6.45) is 3.85. The lowest BCUT2D eigenvalue weighted by Crippen LogP contribution is -2.14. The number of carbonyl (C=O) groups is 1. The van der Waals surface area contributed by atoms with Crippen molar-refractivity contribution in [3.05, 3.63) is 90.6 Å². The first kappa shape index (κ1) is 19.0. The second kappa shape index (κ2) is 8.79. The van der Waals surface area contributed by atoms with E-state index in [-0.39, 0.29) is 17.5 Å². The van der Waals surface area contributed by atoms with Gasteiger partial charge < -0.3 is 14.5 Å². The van der Waals surface area contributed by atoms with Gasteiger partial charge in [-0.2, -0.15) is 0 Å². The summed E-state index contributed by atoms with van der Waals surface area (Å²) >= 11 is 1.16. The number of hydrogen-bond acceptors (Lipinski definition) is 4. The highest BCUT2D eigenvalue weighted by molar-refractivity contribution is 8.00. The van der Waals surface area contributed by atoms with Gasteiger partial charge in [0.05, 0.1) is 11.4 Å². The molecule has 0 spiro atoms. The molecule has 29 heavy (non-hydrogen) atoms. The van der Waals surface area contributed by atoms with Gasteiger partial charge in [0.25, 0.3) is 0 Å². The lowest BCUT2D eigenvalue weighted by molar-refractivity contribution is -0.113. The Bertz CT molecular complexity index is 1110. The number of pyridine rings is 1. The number of amides is 1. The summed E-state index contributed by atoms with van der Waals surface area (Å²) in [5.74, 6) is 0.206. The van der Waals surface area contributed by atoms with Crippen LogP contribution in [0.1, 0.15) is 5.69 Å². The summed E-state index contributed by atoms with van der Waals surface area (Å²) in [4.78, 5) is 17.1. The maximum absolute atomic E-state index is 13.6. The van der Waals surface area contributed by atoms with Crippen LogP contribution >= 0.6 is 11.8 Å². The Morgan fingerprint density at radius 2 is 1.97 bits per heavy atom. The topological polar surface area (TPSA) is 55.6 Å². The molecule has 7 heteroatoms. The highest BCUT2D eigenvalue weighted by Crippen LogP contribution is 2.22. The number of thioether (sulfide) groups is 1. The van der Waals surface area contributed by atoms with Crippen molar-refractivity contribution < 1.29 is 13.9 Å². The molecule has 2 aromatic carbocycles. The number of rotatable bonds is 7. The van der Waals surface area contributed by atoms with Crippen molar-refractivity contribution in [3.8, 4) is 5.75 Å². The molecule has 0 radical (unpaired) electrons. The molecule has 0 saturated heterocycles.